The predicted octanol–water partition coefficient (Wildman–Crippen LogP) is 2.24. The molecule has 0 unspecified atom stereocenters. The average Bonchev–Trinajstić information content (AvgIpc) is 3.13. The molecule has 0 saturated carbocycles. The van der Waals surface area contributed by atoms with E-state index in [4.69, 9.17) is 15.6 Å². The molecule has 3 aromatic rings. The van der Waals surface area contributed by atoms with Crippen LogP contribution < -0.4 is 4.90 Å². The Balaban J connectivity index is 1.75. The quantitative estimate of drug-likeness (QED) is 0.611. The highest BCUT2D eigenvalue weighted by Gasteiger charge is 2.16. The fourth-order valence-electron chi connectivity index (χ4n) is 3.12. The summed E-state index contributed by atoms with van der Waals surface area (Å²) in [4.78, 5) is 11.0. The Morgan fingerprint density at radius 1 is 1.12 bits per heavy atom. The van der Waals surface area contributed by atoms with Gasteiger partial charge in [0.2, 0.25) is 0 Å². The Hall–Kier alpha value is -3.13. The molecule has 3 heterocycles. The maximum atomic E-state index is 7.49. The standard InChI is InChI=1S/C18H19N7O/c19-9-13(10-20)12-1-2-15-14(7-12)18(24-23-15)16-8-17(22-11-21-16)25-3-5-26-6-4-25/h1-2,7-11,13,19-20H,3-6H2,(H,23,24). The molecular weight excluding hydrogens is 330 g/mol. The van der Waals surface area contributed by atoms with Gasteiger partial charge in [-0.2, -0.15) is 5.10 Å². The van der Waals surface area contributed by atoms with Gasteiger partial charge in [-0.25, -0.2) is 9.97 Å². The van der Waals surface area contributed by atoms with Crippen molar-refractivity contribution in [3.05, 3.63) is 36.2 Å². The van der Waals surface area contributed by atoms with E-state index in [1.54, 1.807) is 6.33 Å². The zero-order valence-corrected chi connectivity index (χ0v) is 14.1. The first-order valence-electron chi connectivity index (χ1n) is 8.44. The molecule has 0 atom stereocenters. The van der Waals surface area contributed by atoms with Crippen LogP contribution in [-0.2, 0) is 4.74 Å². The number of morpholine rings is 1. The van der Waals surface area contributed by atoms with Crippen molar-refractivity contribution in [3.8, 4) is 11.4 Å². The third-order valence-corrected chi connectivity index (χ3v) is 4.56. The lowest BCUT2D eigenvalue weighted by molar-refractivity contribution is 0.122. The van der Waals surface area contributed by atoms with E-state index in [1.807, 2.05) is 24.3 Å². The summed E-state index contributed by atoms with van der Waals surface area (Å²) >= 11 is 0. The Morgan fingerprint density at radius 2 is 1.92 bits per heavy atom. The van der Waals surface area contributed by atoms with E-state index in [1.165, 1.54) is 12.4 Å². The number of anilines is 1. The molecule has 8 heteroatoms. The summed E-state index contributed by atoms with van der Waals surface area (Å²) in [6, 6.07) is 7.74. The highest BCUT2D eigenvalue weighted by Crippen LogP contribution is 2.29. The number of nitrogens with zero attached hydrogens (tertiary/aromatic N) is 4. The van der Waals surface area contributed by atoms with Crippen molar-refractivity contribution in [2.45, 2.75) is 5.92 Å². The van der Waals surface area contributed by atoms with Gasteiger partial charge in [0.1, 0.15) is 17.8 Å². The van der Waals surface area contributed by atoms with Crippen molar-refractivity contribution in [1.82, 2.24) is 20.2 Å². The van der Waals surface area contributed by atoms with Crippen molar-refractivity contribution < 1.29 is 4.74 Å². The Kier molecular flexibility index (Phi) is 4.40. The third kappa shape index (κ3) is 2.95. The van der Waals surface area contributed by atoms with Crippen LogP contribution in [0.5, 0.6) is 0 Å². The molecule has 3 N–H and O–H groups in total. The molecule has 0 aliphatic carbocycles. The van der Waals surface area contributed by atoms with Crippen molar-refractivity contribution in [2.24, 2.45) is 0 Å². The fraction of sp³-hybridized carbons (Fsp3) is 0.278. The summed E-state index contributed by atoms with van der Waals surface area (Å²) in [7, 11) is 0. The summed E-state index contributed by atoms with van der Waals surface area (Å²) in [5.74, 6) is 0.527. The third-order valence-electron chi connectivity index (χ3n) is 4.56. The number of nitrogens with one attached hydrogen (secondary N) is 3. The van der Waals surface area contributed by atoms with E-state index in [9.17, 15) is 0 Å². The zero-order valence-electron chi connectivity index (χ0n) is 14.1. The van der Waals surface area contributed by atoms with Gasteiger partial charge >= 0.3 is 0 Å². The molecule has 1 fully saturated rings. The van der Waals surface area contributed by atoms with Gasteiger partial charge in [0.25, 0.3) is 0 Å². The van der Waals surface area contributed by atoms with Crippen molar-refractivity contribution in [1.29, 1.82) is 10.8 Å². The monoisotopic (exact) mass is 349 g/mol. The van der Waals surface area contributed by atoms with E-state index < -0.39 is 0 Å². The van der Waals surface area contributed by atoms with Gasteiger partial charge in [-0.05, 0) is 17.7 Å². The van der Waals surface area contributed by atoms with Crippen LogP contribution >= 0.6 is 0 Å². The van der Waals surface area contributed by atoms with Gasteiger partial charge in [0, 0.05) is 37.0 Å². The van der Waals surface area contributed by atoms with Crippen LogP contribution in [0.25, 0.3) is 22.3 Å². The molecule has 0 amide bonds. The summed E-state index contributed by atoms with van der Waals surface area (Å²) in [6.45, 7) is 3.01. The molecule has 4 rings (SSSR count). The SMILES string of the molecule is N=CC(C=N)c1ccc2[nH]nc(-c3cc(N4CCOCC4)ncn3)c2c1. The first kappa shape index (κ1) is 16.3. The van der Waals surface area contributed by atoms with Crippen molar-refractivity contribution in [2.75, 3.05) is 31.2 Å². The lowest BCUT2D eigenvalue weighted by atomic mass is 9.99. The normalized spacial score (nSPS) is 15.8. The predicted molar refractivity (Wildman–Crippen MR) is 100 cm³/mol. The molecule has 1 aromatic carbocycles. The van der Waals surface area contributed by atoms with E-state index in [0.717, 1.165) is 46.8 Å². The number of H-pyrrole nitrogens is 1. The molecule has 26 heavy (non-hydrogen) atoms. The van der Waals surface area contributed by atoms with Crippen molar-refractivity contribution >= 4 is 29.1 Å². The second kappa shape index (κ2) is 7.01. The fourth-order valence-corrected chi connectivity index (χ4v) is 3.12. The van der Waals surface area contributed by atoms with Gasteiger partial charge in [-0.1, -0.05) is 6.07 Å². The van der Waals surface area contributed by atoms with Crippen LogP contribution in [0.1, 0.15) is 11.5 Å². The van der Waals surface area contributed by atoms with Gasteiger partial charge in [-0.15, -0.1) is 0 Å². The Labute approximate surface area is 150 Å². The molecular formula is C18H19N7O. The highest BCUT2D eigenvalue weighted by molar-refractivity contribution is 5.95. The minimum absolute atomic E-state index is 0.337. The molecule has 0 radical (unpaired) electrons. The van der Waals surface area contributed by atoms with Crippen LogP contribution in [0.15, 0.2) is 30.6 Å². The molecule has 1 aliphatic rings. The van der Waals surface area contributed by atoms with Crippen molar-refractivity contribution in [3.63, 3.8) is 0 Å². The van der Waals surface area contributed by atoms with Gasteiger partial charge in [0.05, 0.1) is 30.3 Å². The maximum absolute atomic E-state index is 7.49. The van der Waals surface area contributed by atoms with E-state index in [0.29, 0.717) is 13.2 Å². The summed E-state index contributed by atoms with van der Waals surface area (Å²) < 4.78 is 5.40. The van der Waals surface area contributed by atoms with Gasteiger partial charge in [-0.3, -0.25) is 5.10 Å². The largest absolute Gasteiger partial charge is 0.378 e. The minimum atomic E-state index is -0.337. The lowest BCUT2D eigenvalue weighted by Crippen LogP contribution is -2.36. The first-order valence-corrected chi connectivity index (χ1v) is 8.44. The number of hydrogen-bond donors (Lipinski definition) is 3. The molecule has 1 aliphatic heterocycles. The van der Waals surface area contributed by atoms with E-state index >= 15 is 0 Å². The van der Waals surface area contributed by atoms with Gasteiger partial charge < -0.3 is 20.5 Å². The molecule has 132 valence electrons. The number of rotatable bonds is 5. The maximum Gasteiger partial charge on any atom is 0.132 e. The minimum Gasteiger partial charge on any atom is -0.378 e. The van der Waals surface area contributed by atoms with Crippen LogP contribution in [0.3, 0.4) is 0 Å². The molecule has 1 saturated heterocycles. The Bertz CT molecular complexity index is 938. The average molecular weight is 349 g/mol. The van der Waals surface area contributed by atoms with Crippen LogP contribution in [0, 0.1) is 10.8 Å². The highest BCUT2D eigenvalue weighted by atomic mass is 16.5. The molecule has 0 bridgehead atoms. The zero-order chi connectivity index (χ0) is 17.9. The summed E-state index contributed by atoms with van der Waals surface area (Å²) in [5.41, 5.74) is 3.26. The first-order chi connectivity index (χ1) is 12.8. The number of fused-ring (bicyclic) bond motifs is 1. The number of aromatic nitrogens is 4. The van der Waals surface area contributed by atoms with E-state index in [-0.39, 0.29) is 5.92 Å². The number of aromatic amines is 1. The van der Waals surface area contributed by atoms with Crippen LogP contribution in [0.2, 0.25) is 0 Å². The smallest absolute Gasteiger partial charge is 0.132 e. The summed E-state index contributed by atoms with van der Waals surface area (Å²) in [6.07, 6.45) is 4.08. The van der Waals surface area contributed by atoms with Gasteiger partial charge in [0.15, 0.2) is 0 Å². The number of ether oxygens (including phenoxy) is 1. The topological polar surface area (TPSA) is 115 Å². The number of benzene rings is 1. The number of hydrogen-bond acceptors (Lipinski definition) is 7. The van der Waals surface area contributed by atoms with E-state index in [2.05, 4.69) is 25.1 Å². The summed E-state index contributed by atoms with van der Waals surface area (Å²) in [5, 5.41) is 23.4. The molecule has 8 nitrogen and oxygen atoms in total. The lowest BCUT2D eigenvalue weighted by Gasteiger charge is -2.27. The molecule has 2 aromatic heterocycles. The Morgan fingerprint density at radius 3 is 2.69 bits per heavy atom. The second-order valence-electron chi connectivity index (χ2n) is 6.10. The second-order valence-corrected chi connectivity index (χ2v) is 6.10. The van der Waals surface area contributed by atoms with Crippen LogP contribution in [-0.4, -0.2) is 58.9 Å². The molecule has 0 spiro atoms. The van der Waals surface area contributed by atoms with Crippen LogP contribution in [0.4, 0.5) is 5.82 Å².